The summed E-state index contributed by atoms with van der Waals surface area (Å²) in [7, 11) is -3.38. The highest BCUT2D eigenvalue weighted by Gasteiger charge is 2.33. The van der Waals surface area contributed by atoms with Gasteiger partial charge in [0.15, 0.2) is 0 Å². The van der Waals surface area contributed by atoms with E-state index >= 15 is 0 Å². The van der Waals surface area contributed by atoms with Crippen LogP contribution in [0.4, 0.5) is 8.78 Å². The number of halogens is 2. The second-order valence-electron chi connectivity index (χ2n) is 4.69. The summed E-state index contributed by atoms with van der Waals surface area (Å²) < 4.78 is 49.4. The molecule has 1 heterocycles. The molecule has 1 unspecified atom stereocenters. The lowest BCUT2D eigenvalue weighted by Crippen LogP contribution is -2.47. The number of nitrogens with zero attached hydrogens (tertiary/aromatic N) is 1. The fourth-order valence-electron chi connectivity index (χ4n) is 1.87. The zero-order chi connectivity index (χ0) is 14.7. The number of hydrogen-bond acceptors (Lipinski definition) is 4. The molecule has 19 heavy (non-hydrogen) atoms. The first-order valence-corrected chi connectivity index (χ1v) is 7.72. The standard InChI is InChI=1S/C10H18F2N2O4S/c1-19(17,18)14-4-2-3-8(5-14)9(16)13-6-10(11,12)7-15/h8,15H,2-7H2,1H3,(H,13,16). The van der Waals surface area contributed by atoms with Crippen molar-refractivity contribution in [1.82, 2.24) is 9.62 Å². The fourth-order valence-corrected chi connectivity index (χ4v) is 2.79. The molecule has 0 bridgehead atoms. The predicted octanol–water partition coefficient (Wildman–Crippen LogP) is -0.598. The smallest absolute Gasteiger partial charge is 0.287 e. The maximum atomic E-state index is 12.8. The maximum Gasteiger partial charge on any atom is 0.287 e. The third-order valence-corrected chi connectivity index (χ3v) is 4.25. The van der Waals surface area contributed by atoms with Gasteiger partial charge in [-0.3, -0.25) is 4.79 Å². The molecule has 1 fully saturated rings. The number of alkyl halides is 2. The van der Waals surface area contributed by atoms with Crippen molar-refractivity contribution in [1.29, 1.82) is 0 Å². The van der Waals surface area contributed by atoms with Gasteiger partial charge in [0.25, 0.3) is 5.92 Å². The topological polar surface area (TPSA) is 86.7 Å². The molecule has 1 atom stereocenters. The minimum Gasteiger partial charge on any atom is -0.390 e. The lowest BCUT2D eigenvalue weighted by molar-refractivity contribution is -0.128. The summed E-state index contributed by atoms with van der Waals surface area (Å²) >= 11 is 0. The van der Waals surface area contributed by atoms with Crippen LogP contribution in [0, 0.1) is 5.92 Å². The van der Waals surface area contributed by atoms with Crippen LogP contribution in [-0.4, -0.2) is 62.2 Å². The number of aliphatic hydroxyl groups excluding tert-OH is 1. The number of sulfonamides is 1. The predicted molar refractivity (Wildman–Crippen MR) is 64.2 cm³/mol. The summed E-state index contributed by atoms with van der Waals surface area (Å²) in [4.78, 5) is 11.7. The molecule has 0 radical (unpaired) electrons. The molecule has 112 valence electrons. The van der Waals surface area contributed by atoms with E-state index in [1.165, 1.54) is 4.31 Å². The molecule has 2 N–H and O–H groups in total. The Bertz CT molecular complexity index is 427. The van der Waals surface area contributed by atoms with Crippen molar-refractivity contribution in [2.45, 2.75) is 18.8 Å². The minimum atomic E-state index is -3.38. The largest absolute Gasteiger partial charge is 0.390 e. The van der Waals surface area contributed by atoms with Crippen LogP contribution in [0.1, 0.15) is 12.8 Å². The van der Waals surface area contributed by atoms with Gasteiger partial charge in [0.1, 0.15) is 6.61 Å². The molecule has 0 aromatic heterocycles. The summed E-state index contributed by atoms with van der Waals surface area (Å²) in [5, 5.41) is 10.4. The van der Waals surface area contributed by atoms with Crippen LogP contribution in [0.2, 0.25) is 0 Å². The Labute approximate surface area is 110 Å². The minimum absolute atomic E-state index is 0.00929. The van der Waals surface area contributed by atoms with Crippen molar-refractivity contribution < 1.29 is 27.1 Å². The monoisotopic (exact) mass is 300 g/mol. The van der Waals surface area contributed by atoms with Crippen molar-refractivity contribution >= 4 is 15.9 Å². The zero-order valence-electron chi connectivity index (χ0n) is 10.6. The molecule has 6 nitrogen and oxygen atoms in total. The lowest BCUT2D eigenvalue weighted by atomic mass is 9.99. The van der Waals surface area contributed by atoms with Gasteiger partial charge in [-0.1, -0.05) is 0 Å². The van der Waals surface area contributed by atoms with Crippen molar-refractivity contribution in [2.24, 2.45) is 5.92 Å². The van der Waals surface area contributed by atoms with Crippen LogP contribution < -0.4 is 5.32 Å². The van der Waals surface area contributed by atoms with Crippen LogP contribution in [0.5, 0.6) is 0 Å². The van der Waals surface area contributed by atoms with Gasteiger partial charge < -0.3 is 10.4 Å². The van der Waals surface area contributed by atoms with E-state index in [-0.39, 0.29) is 6.54 Å². The Morgan fingerprint density at radius 2 is 2.16 bits per heavy atom. The third kappa shape index (κ3) is 5.00. The van der Waals surface area contributed by atoms with Gasteiger partial charge in [0.05, 0.1) is 18.7 Å². The van der Waals surface area contributed by atoms with E-state index in [1.807, 2.05) is 5.32 Å². The quantitative estimate of drug-likeness (QED) is 0.710. The molecule has 0 aliphatic carbocycles. The van der Waals surface area contributed by atoms with Gasteiger partial charge in [0.2, 0.25) is 15.9 Å². The van der Waals surface area contributed by atoms with Crippen LogP contribution >= 0.6 is 0 Å². The summed E-state index contributed by atoms with van der Waals surface area (Å²) in [5.74, 6) is -4.60. The van der Waals surface area contributed by atoms with Crippen molar-refractivity contribution in [3.05, 3.63) is 0 Å². The van der Waals surface area contributed by atoms with E-state index < -0.39 is 40.9 Å². The number of piperidine rings is 1. The molecular weight excluding hydrogens is 282 g/mol. The first kappa shape index (κ1) is 16.3. The van der Waals surface area contributed by atoms with Crippen LogP contribution in [-0.2, 0) is 14.8 Å². The molecule has 1 saturated heterocycles. The Morgan fingerprint density at radius 1 is 1.53 bits per heavy atom. The van der Waals surface area contributed by atoms with E-state index in [0.29, 0.717) is 19.4 Å². The molecule has 1 rings (SSSR count). The van der Waals surface area contributed by atoms with E-state index in [0.717, 1.165) is 6.26 Å². The number of carbonyl (C=O) groups excluding carboxylic acids is 1. The Kier molecular flexibility index (Phi) is 5.22. The summed E-state index contributed by atoms with van der Waals surface area (Å²) in [5.41, 5.74) is 0. The molecule has 1 amide bonds. The Balaban J connectivity index is 2.54. The first-order valence-electron chi connectivity index (χ1n) is 5.87. The van der Waals surface area contributed by atoms with E-state index in [4.69, 9.17) is 5.11 Å². The number of carbonyl (C=O) groups is 1. The van der Waals surface area contributed by atoms with Crippen molar-refractivity contribution in [3.8, 4) is 0 Å². The highest BCUT2D eigenvalue weighted by Crippen LogP contribution is 2.19. The normalized spacial score (nSPS) is 22.2. The van der Waals surface area contributed by atoms with E-state index in [1.54, 1.807) is 0 Å². The highest BCUT2D eigenvalue weighted by atomic mass is 32.2. The molecule has 9 heteroatoms. The Hall–Kier alpha value is -0.800. The van der Waals surface area contributed by atoms with E-state index in [9.17, 15) is 22.0 Å². The lowest BCUT2D eigenvalue weighted by Gasteiger charge is -2.30. The van der Waals surface area contributed by atoms with Gasteiger partial charge >= 0.3 is 0 Å². The van der Waals surface area contributed by atoms with Gasteiger partial charge in [-0.2, -0.15) is 0 Å². The number of nitrogens with one attached hydrogen (secondary N) is 1. The number of amides is 1. The fraction of sp³-hybridized carbons (Fsp3) is 0.900. The molecular formula is C10H18F2N2O4S. The average Bonchev–Trinajstić information content (AvgIpc) is 2.35. The molecule has 0 aromatic rings. The van der Waals surface area contributed by atoms with Crippen LogP contribution in [0.15, 0.2) is 0 Å². The molecule has 0 spiro atoms. The van der Waals surface area contributed by atoms with Gasteiger partial charge in [-0.15, -0.1) is 0 Å². The van der Waals surface area contributed by atoms with Gasteiger partial charge in [0, 0.05) is 13.1 Å². The van der Waals surface area contributed by atoms with Gasteiger partial charge in [-0.25, -0.2) is 21.5 Å². The average molecular weight is 300 g/mol. The highest BCUT2D eigenvalue weighted by molar-refractivity contribution is 7.88. The first-order chi connectivity index (χ1) is 8.65. The molecule has 1 aliphatic heterocycles. The van der Waals surface area contributed by atoms with Crippen LogP contribution in [0.3, 0.4) is 0 Å². The van der Waals surface area contributed by atoms with Crippen molar-refractivity contribution in [3.63, 3.8) is 0 Å². The third-order valence-electron chi connectivity index (χ3n) is 2.98. The number of rotatable bonds is 5. The SMILES string of the molecule is CS(=O)(=O)N1CCCC(C(=O)NCC(F)(F)CO)C1. The van der Waals surface area contributed by atoms with E-state index in [2.05, 4.69) is 0 Å². The second-order valence-corrected chi connectivity index (χ2v) is 6.67. The second kappa shape index (κ2) is 6.10. The van der Waals surface area contributed by atoms with Crippen LogP contribution in [0.25, 0.3) is 0 Å². The summed E-state index contributed by atoms with van der Waals surface area (Å²) in [6.07, 6.45) is 2.03. The zero-order valence-corrected chi connectivity index (χ0v) is 11.4. The molecule has 1 aliphatic rings. The molecule has 0 saturated carbocycles. The van der Waals surface area contributed by atoms with Crippen molar-refractivity contribution in [2.75, 3.05) is 32.5 Å². The number of hydrogen-bond donors (Lipinski definition) is 2. The van der Waals surface area contributed by atoms with Gasteiger partial charge in [-0.05, 0) is 12.8 Å². The Morgan fingerprint density at radius 3 is 2.68 bits per heavy atom. The molecule has 0 aromatic carbocycles. The summed E-state index contributed by atoms with van der Waals surface area (Å²) in [6.45, 7) is -1.93. The summed E-state index contributed by atoms with van der Waals surface area (Å²) in [6, 6.07) is 0. The number of aliphatic hydroxyl groups is 1. The maximum absolute atomic E-state index is 12.8.